The molecule has 0 spiro atoms. The summed E-state index contributed by atoms with van der Waals surface area (Å²) < 4.78 is 5.30. The lowest BCUT2D eigenvalue weighted by molar-refractivity contribution is -0.117. The van der Waals surface area contributed by atoms with Gasteiger partial charge in [-0.3, -0.25) is 19.8 Å². The van der Waals surface area contributed by atoms with Crippen LogP contribution in [0.4, 0.5) is 5.69 Å². The lowest BCUT2D eigenvalue weighted by Crippen LogP contribution is -2.41. The fourth-order valence-electron chi connectivity index (χ4n) is 2.75. The fraction of sp³-hybridized carbons (Fsp3) is 0.529. The molecular formula is C17H24N4O3S. The van der Waals surface area contributed by atoms with Crippen molar-refractivity contribution in [2.75, 3.05) is 56.3 Å². The molecule has 2 amide bonds. The second kappa shape index (κ2) is 9.19. The molecule has 1 aromatic rings. The number of hydrogen-bond acceptors (Lipinski definition) is 6. The molecule has 2 aliphatic heterocycles. The highest BCUT2D eigenvalue weighted by Crippen LogP contribution is 2.14. The molecule has 0 bridgehead atoms. The summed E-state index contributed by atoms with van der Waals surface area (Å²) >= 11 is 1.71. The van der Waals surface area contributed by atoms with Crippen LogP contribution < -0.4 is 16.0 Å². The molecule has 25 heavy (non-hydrogen) atoms. The van der Waals surface area contributed by atoms with Crippen molar-refractivity contribution >= 4 is 29.3 Å². The standard InChI is InChI=1S/C17H24N4O3S/c22-16(18-5-6-21-7-9-24-10-8-21)13-1-3-14(4-2-13)20-17(23)15-11-25-12-19-15/h1-4,15,19H,5-12H2,(H,18,22)(H,20,23). The molecule has 0 radical (unpaired) electrons. The quantitative estimate of drug-likeness (QED) is 0.676. The molecule has 2 heterocycles. The van der Waals surface area contributed by atoms with E-state index >= 15 is 0 Å². The van der Waals surface area contributed by atoms with Gasteiger partial charge in [-0.1, -0.05) is 0 Å². The summed E-state index contributed by atoms with van der Waals surface area (Å²) in [5.41, 5.74) is 1.29. The third-order valence-electron chi connectivity index (χ3n) is 4.26. The minimum Gasteiger partial charge on any atom is -0.379 e. The number of ether oxygens (including phenoxy) is 1. The molecule has 0 aliphatic carbocycles. The zero-order valence-electron chi connectivity index (χ0n) is 14.1. The van der Waals surface area contributed by atoms with Crippen LogP contribution in [-0.4, -0.2) is 73.8 Å². The van der Waals surface area contributed by atoms with E-state index in [9.17, 15) is 9.59 Å². The Labute approximate surface area is 151 Å². The molecule has 8 heteroatoms. The average molecular weight is 364 g/mol. The first-order chi connectivity index (χ1) is 12.2. The van der Waals surface area contributed by atoms with Crippen molar-refractivity contribution in [2.45, 2.75) is 6.04 Å². The Morgan fingerprint density at radius 2 is 2.00 bits per heavy atom. The van der Waals surface area contributed by atoms with Gasteiger partial charge >= 0.3 is 0 Å². The first-order valence-corrected chi connectivity index (χ1v) is 9.68. The Balaban J connectivity index is 1.42. The van der Waals surface area contributed by atoms with Crippen LogP contribution in [-0.2, 0) is 9.53 Å². The van der Waals surface area contributed by atoms with Crippen LogP contribution in [0.2, 0.25) is 0 Å². The Morgan fingerprint density at radius 3 is 2.68 bits per heavy atom. The van der Waals surface area contributed by atoms with Gasteiger partial charge in [0.05, 0.1) is 19.3 Å². The predicted molar refractivity (Wildman–Crippen MR) is 98.9 cm³/mol. The first-order valence-electron chi connectivity index (χ1n) is 8.53. The van der Waals surface area contributed by atoms with Gasteiger partial charge in [0.25, 0.3) is 5.91 Å². The van der Waals surface area contributed by atoms with E-state index in [1.807, 2.05) is 0 Å². The number of nitrogens with zero attached hydrogens (tertiary/aromatic N) is 1. The Hall–Kier alpha value is -1.61. The summed E-state index contributed by atoms with van der Waals surface area (Å²) in [6.07, 6.45) is 0. The molecule has 1 aromatic carbocycles. The van der Waals surface area contributed by atoms with E-state index in [0.29, 0.717) is 17.8 Å². The summed E-state index contributed by atoms with van der Waals surface area (Å²) in [6, 6.07) is 6.84. The Kier molecular flexibility index (Phi) is 6.69. The minimum atomic E-state index is -0.145. The lowest BCUT2D eigenvalue weighted by Gasteiger charge is -2.26. The number of benzene rings is 1. The van der Waals surface area contributed by atoms with E-state index in [2.05, 4.69) is 20.9 Å². The van der Waals surface area contributed by atoms with Gasteiger partial charge in [-0.15, -0.1) is 11.8 Å². The molecular weight excluding hydrogens is 340 g/mol. The maximum absolute atomic E-state index is 12.2. The van der Waals surface area contributed by atoms with Crippen molar-refractivity contribution < 1.29 is 14.3 Å². The molecule has 7 nitrogen and oxygen atoms in total. The van der Waals surface area contributed by atoms with E-state index in [1.54, 1.807) is 36.0 Å². The second-order valence-corrected chi connectivity index (χ2v) is 7.08. The Morgan fingerprint density at radius 1 is 1.24 bits per heavy atom. The second-order valence-electron chi connectivity index (χ2n) is 6.05. The monoisotopic (exact) mass is 364 g/mol. The highest BCUT2D eigenvalue weighted by atomic mass is 32.2. The van der Waals surface area contributed by atoms with Crippen LogP contribution in [0, 0.1) is 0 Å². The summed E-state index contributed by atoms with van der Waals surface area (Å²) in [4.78, 5) is 26.5. The number of amides is 2. The van der Waals surface area contributed by atoms with Gasteiger partial charge in [-0.25, -0.2) is 0 Å². The third-order valence-corrected chi connectivity index (χ3v) is 5.20. The molecule has 2 aliphatic rings. The van der Waals surface area contributed by atoms with Gasteiger partial charge in [0.15, 0.2) is 0 Å². The average Bonchev–Trinajstić information content (AvgIpc) is 3.18. The number of nitrogens with one attached hydrogen (secondary N) is 3. The summed E-state index contributed by atoms with van der Waals surface area (Å²) in [5, 5.41) is 8.93. The number of rotatable bonds is 6. The van der Waals surface area contributed by atoms with E-state index < -0.39 is 0 Å². The van der Waals surface area contributed by atoms with Crippen LogP contribution in [0.25, 0.3) is 0 Å². The van der Waals surface area contributed by atoms with Crippen molar-refractivity contribution in [3.63, 3.8) is 0 Å². The molecule has 136 valence electrons. The van der Waals surface area contributed by atoms with Gasteiger partial charge in [0, 0.05) is 49.1 Å². The van der Waals surface area contributed by atoms with Crippen LogP contribution in [0.15, 0.2) is 24.3 Å². The summed E-state index contributed by atoms with van der Waals surface area (Å²) in [5.74, 6) is 1.46. The Bertz CT molecular complexity index is 584. The first kappa shape index (κ1) is 18.2. The molecule has 2 saturated heterocycles. The molecule has 1 atom stereocenters. The maximum Gasteiger partial charge on any atom is 0.251 e. The molecule has 2 fully saturated rings. The number of hydrogen-bond donors (Lipinski definition) is 3. The highest BCUT2D eigenvalue weighted by molar-refractivity contribution is 7.99. The molecule has 1 unspecified atom stereocenters. The van der Waals surface area contributed by atoms with Gasteiger partial charge < -0.3 is 15.4 Å². The van der Waals surface area contributed by atoms with Crippen LogP contribution >= 0.6 is 11.8 Å². The normalized spacial score (nSPS) is 21.0. The van der Waals surface area contributed by atoms with Gasteiger partial charge in [0.2, 0.25) is 5.91 Å². The number of thioether (sulfide) groups is 1. The minimum absolute atomic E-state index is 0.0345. The van der Waals surface area contributed by atoms with Crippen molar-refractivity contribution in [2.24, 2.45) is 0 Å². The highest BCUT2D eigenvalue weighted by Gasteiger charge is 2.22. The zero-order chi connectivity index (χ0) is 17.5. The molecule has 0 saturated carbocycles. The van der Waals surface area contributed by atoms with Crippen LogP contribution in [0.1, 0.15) is 10.4 Å². The number of carbonyl (C=O) groups is 2. The van der Waals surface area contributed by atoms with E-state index in [4.69, 9.17) is 4.74 Å². The number of anilines is 1. The number of carbonyl (C=O) groups excluding carboxylic acids is 2. The molecule has 3 N–H and O–H groups in total. The van der Waals surface area contributed by atoms with Crippen LogP contribution in [0.3, 0.4) is 0 Å². The molecule has 0 aromatic heterocycles. The SMILES string of the molecule is O=C(NCCN1CCOCC1)c1ccc(NC(=O)C2CSCN2)cc1. The topological polar surface area (TPSA) is 82.7 Å². The van der Waals surface area contributed by atoms with Crippen molar-refractivity contribution in [3.05, 3.63) is 29.8 Å². The predicted octanol–water partition coefficient (Wildman–Crippen LogP) is 0.350. The van der Waals surface area contributed by atoms with Gasteiger partial charge in [0.1, 0.15) is 0 Å². The van der Waals surface area contributed by atoms with E-state index in [-0.39, 0.29) is 17.9 Å². The summed E-state index contributed by atoms with van der Waals surface area (Å²) in [7, 11) is 0. The van der Waals surface area contributed by atoms with E-state index in [1.165, 1.54) is 0 Å². The lowest BCUT2D eigenvalue weighted by atomic mass is 10.2. The van der Waals surface area contributed by atoms with Gasteiger partial charge in [-0.05, 0) is 24.3 Å². The van der Waals surface area contributed by atoms with Crippen LogP contribution in [0.5, 0.6) is 0 Å². The fourth-order valence-corrected chi connectivity index (χ4v) is 3.69. The zero-order valence-corrected chi connectivity index (χ0v) is 14.9. The molecule has 3 rings (SSSR count). The maximum atomic E-state index is 12.2. The largest absolute Gasteiger partial charge is 0.379 e. The van der Waals surface area contributed by atoms with Crippen molar-refractivity contribution in [1.82, 2.24) is 15.5 Å². The number of morpholine rings is 1. The van der Waals surface area contributed by atoms with Crippen molar-refractivity contribution in [1.29, 1.82) is 0 Å². The van der Waals surface area contributed by atoms with Crippen molar-refractivity contribution in [3.8, 4) is 0 Å². The summed E-state index contributed by atoms with van der Waals surface area (Å²) in [6.45, 7) is 4.79. The van der Waals surface area contributed by atoms with Gasteiger partial charge in [-0.2, -0.15) is 0 Å². The smallest absolute Gasteiger partial charge is 0.251 e. The van der Waals surface area contributed by atoms with E-state index in [0.717, 1.165) is 44.5 Å². The third kappa shape index (κ3) is 5.43.